The van der Waals surface area contributed by atoms with Crippen LogP contribution in [0, 0.1) is 23.2 Å². The first-order valence-electron chi connectivity index (χ1n) is 13.2. The minimum Gasteiger partial charge on any atom is -0.444 e. The zero-order valence-corrected chi connectivity index (χ0v) is 23.2. The van der Waals surface area contributed by atoms with Gasteiger partial charge < -0.3 is 19.3 Å². The molecule has 2 fully saturated rings. The van der Waals surface area contributed by atoms with Gasteiger partial charge in [0.25, 0.3) is 0 Å². The third-order valence-corrected chi connectivity index (χ3v) is 7.07. The van der Waals surface area contributed by atoms with Crippen LogP contribution in [0.15, 0.2) is 18.6 Å². The molecule has 0 saturated carbocycles. The van der Waals surface area contributed by atoms with Gasteiger partial charge in [0.15, 0.2) is 5.65 Å². The Kier molecular flexibility index (Phi) is 8.18. The number of ether oxygens (including phenoxy) is 2. The van der Waals surface area contributed by atoms with Crippen molar-refractivity contribution in [2.45, 2.75) is 58.7 Å². The SMILES string of the molecule is C[C@@H]1CCN(C(=O)CC#N)CC1/C=[N+](\C)c1ncnc2c1ccn2C(=O)OC1CCN(C(=O)OC(C)(C)C)C1. The van der Waals surface area contributed by atoms with Gasteiger partial charge in [0.2, 0.25) is 12.2 Å². The quantitative estimate of drug-likeness (QED) is 0.428. The smallest absolute Gasteiger partial charge is 0.420 e. The normalized spacial score (nSPS) is 22.1. The van der Waals surface area contributed by atoms with E-state index in [0.717, 1.165) is 6.42 Å². The van der Waals surface area contributed by atoms with Crippen LogP contribution in [0.25, 0.3) is 11.0 Å². The first-order chi connectivity index (χ1) is 18.5. The maximum atomic E-state index is 13.0. The van der Waals surface area contributed by atoms with E-state index < -0.39 is 23.9 Å². The summed E-state index contributed by atoms with van der Waals surface area (Å²) in [5.41, 5.74) is -0.184. The molecule has 0 bridgehead atoms. The topological polar surface area (TPSA) is 134 Å². The van der Waals surface area contributed by atoms with Gasteiger partial charge >= 0.3 is 18.0 Å². The van der Waals surface area contributed by atoms with Gasteiger partial charge in [0, 0.05) is 38.2 Å². The second kappa shape index (κ2) is 11.4. The molecule has 2 aliphatic rings. The van der Waals surface area contributed by atoms with Gasteiger partial charge in [-0.05, 0) is 44.2 Å². The molecule has 2 aliphatic heterocycles. The maximum absolute atomic E-state index is 13.0. The number of rotatable bonds is 4. The summed E-state index contributed by atoms with van der Waals surface area (Å²) in [7, 11) is 1.88. The van der Waals surface area contributed by atoms with Crippen LogP contribution in [0.1, 0.15) is 47.0 Å². The fourth-order valence-corrected chi connectivity index (χ4v) is 4.94. The second-order valence-corrected chi connectivity index (χ2v) is 11.2. The highest BCUT2D eigenvalue weighted by molar-refractivity contribution is 5.91. The van der Waals surface area contributed by atoms with E-state index in [2.05, 4.69) is 16.9 Å². The van der Waals surface area contributed by atoms with Crippen molar-refractivity contribution in [3.05, 3.63) is 18.6 Å². The van der Waals surface area contributed by atoms with Crippen molar-refractivity contribution in [1.29, 1.82) is 5.26 Å². The Morgan fingerprint density at radius 3 is 2.62 bits per heavy atom. The van der Waals surface area contributed by atoms with E-state index in [4.69, 9.17) is 14.7 Å². The number of nitriles is 1. The minimum atomic E-state index is -0.596. The number of piperidine rings is 1. The zero-order valence-electron chi connectivity index (χ0n) is 23.2. The molecule has 4 rings (SSSR count). The number of hydrogen-bond acceptors (Lipinski definition) is 8. The molecule has 2 aromatic heterocycles. The average molecular weight is 539 g/mol. The molecule has 39 heavy (non-hydrogen) atoms. The summed E-state index contributed by atoms with van der Waals surface area (Å²) in [6.45, 7) is 9.48. The Hall–Kier alpha value is -4.01. The summed E-state index contributed by atoms with van der Waals surface area (Å²) in [5, 5.41) is 9.56. The van der Waals surface area contributed by atoms with Gasteiger partial charge in [-0.1, -0.05) is 6.92 Å². The molecule has 4 heterocycles. The third kappa shape index (κ3) is 6.53. The predicted octanol–water partition coefficient (Wildman–Crippen LogP) is 3.17. The van der Waals surface area contributed by atoms with Crippen molar-refractivity contribution in [3.8, 4) is 6.07 Å². The van der Waals surface area contributed by atoms with Gasteiger partial charge in [-0.25, -0.2) is 18.7 Å². The molecule has 208 valence electrons. The number of likely N-dealkylation sites (tertiary alicyclic amines) is 2. The van der Waals surface area contributed by atoms with E-state index in [9.17, 15) is 14.4 Å². The first-order valence-corrected chi connectivity index (χ1v) is 13.2. The second-order valence-electron chi connectivity index (χ2n) is 11.2. The van der Waals surface area contributed by atoms with Gasteiger partial charge in [0.1, 0.15) is 23.5 Å². The van der Waals surface area contributed by atoms with E-state index in [1.807, 2.05) is 44.7 Å². The zero-order chi connectivity index (χ0) is 28.3. The standard InChI is InChI=1S/C27H36N7O5/c1-18-7-11-32(22(35)6-10-28)15-19(18)14-31(5)23-21-9-13-34(24(21)30-17-29-23)26(37)38-20-8-12-33(16-20)25(36)39-27(2,3)4/h9,13-14,17-20H,6-8,11-12,15-16H2,1-5H3/q+1/b31-14+/t18-,19?,20?/m1/s1. The highest BCUT2D eigenvalue weighted by Gasteiger charge is 2.33. The number of fused-ring (bicyclic) bond motifs is 1. The molecule has 0 N–H and O–H groups in total. The molecule has 0 radical (unpaired) electrons. The highest BCUT2D eigenvalue weighted by atomic mass is 16.6. The van der Waals surface area contributed by atoms with Crippen molar-refractivity contribution in [2.24, 2.45) is 11.8 Å². The molecule has 12 heteroatoms. The third-order valence-electron chi connectivity index (χ3n) is 7.07. The number of carbonyl (C=O) groups is 3. The number of hydrogen-bond donors (Lipinski definition) is 0. The van der Waals surface area contributed by atoms with Crippen LogP contribution in [-0.2, 0) is 14.3 Å². The summed E-state index contributed by atoms with van der Waals surface area (Å²) < 4.78 is 14.4. The highest BCUT2D eigenvalue weighted by Crippen LogP contribution is 2.26. The number of carbonyl (C=O) groups excluding carboxylic acids is 3. The van der Waals surface area contributed by atoms with Gasteiger partial charge in [0.05, 0.1) is 25.9 Å². The molecule has 2 saturated heterocycles. The molecular formula is C27H36N7O5+. The maximum Gasteiger partial charge on any atom is 0.420 e. The van der Waals surface area contributed by atoms with E-state index in [1.165, 1.54) is 10.9 Å². The van der Waals surface area contributed by atoms with Crippen molar-refractivity contribution >= 4 is 41.2 Å². The average Bonchev–Trinajstić information content (AvgIpc) is 3.51. The van der Waals surface area contributed by atoms with Gasteiger partial charge in [-0.15, -0.1) is 0 Å². The molecule has 0 aromatic carbocycles. The van der Waals surface area contributed by atoms with Crippen LogP contribution in [0.5, 0.6) is 0 Å². The van der Waals surface area contributed by atoms with Crippen molar-refractivity contribution in [2.75, 3.05) is 33.2 Å². The summed E-state index contributed by atoms with van der Waals surface area (Å²) in [6, 6.07) is 3.70. The Morgan fingerprint density at radius 1 is 1.15 bits per heavy atom. The van der Waals surface area contributed by atoms with Crippen molar-refractivity contribution < 1.29 is 28.4 Å². The lowest BCUT2D eigenvalue weighted by Crippen LogP contribution is -2.44. The Bertz CT molecular complexity index is 1320. The van der Waals surface area contributed by atoms with E-state index in [-0.39, 0.29) is 24.8 Å². The molecule has 3 atom stereocenters. The monoisotopic (exact) mass is 538 g/mol. The summed E-state index contributed by atoms with van der Waals surface area (Å²) >= 11 is 0. The Morgan fingerprint density at radius 2 is 1.90 bits per heavy atom. The van der Waals surface area contributed by atoms with E-state index >= 15 is 0 Å². The largest absolute Gasteiger partial charge is 0.444 e. The van der Waals surface area contributed by atoms with E-state index in [0.29, 0.717) is 48.8 Å². The summed E-state index contributed by atoms with van der Waals surface area (Å²) in [4.78, 5) is 49.7. The summed E-state index contributed by atoms with van der Waals surface area (Å²) in [6.07, 6.45) is 4.85. The minimum absolute atomic E-state index is 0.0822. The number of amides is 2. The van der Waals surface area contributed by atoms with Crippen LogP contribution in [0.4, 0.5) is 15.4 Å². The lowest BCUT2D eigenvalue weighted by Gasteiger charge is -2.34. The van der Waals surface area contributed by atoms with Gasteiger partial charge in [-0.3, -0.25) is 4.79 Å². The van der Waals surface area contributed by atoms with Gasteiger partial charge in [-0.2, -0.15) is 10.2 Å². The molecule has 0 spiro atoms. The predicted molar refractivity (Wildman–Crippen MR) is 142 cm³/mol. The van der Waals surface area contributed by atoms with Crippen LogP contribution in [0.3, 0.4) is 0 Å². The fourth-order valence-electron chi connectivity index (χ4n) is 4.94. The number of nitrogens with zero attached hydrogens (tertiary/aromatic N) is 7. The molecule has 0 aliphatic carbocycles. The number of aromatic nitrogens is 3. The molecule has 2 aromatic rings. The molecular weight excluding hydrogens is 502 g/mol. The Balaban J connectivity index is 1.47. The summed E-state index contributed by atoms with van der Waals surface area (Å²) in [5.74, 6) is 0.902. The molecule has 2 unspecified atom stereocenters. The molecule has 2 amide bonds. The Labute approximate surface area is 227 Å². The fraction of sp³-hybridized carbons (Fsp3) is 0.593. The van der Waals surface area contributed by atoms with Crippen molar-refractivity contribution in [3.63, 3.8) is 0 Å². The van der Waals surface area contributed by atoms with Crippen LogP contribution in [-0.4, -0.2) is 98.2 Å². The van der Waals surface area contributed by atoms with Crippen LogP contribution >= 0.6 is 0 Å². The first kappa shape index (κ1) is 28.0. The van der Waals surface area contributed by atoms with Crippen LogP contribution < -0.4 is 0 Å². The lowest BCUT2D eigenvalue weighted by atomic mass is 9.87. The van der Waals surface area contributed by atoms with Crippen molar-refractivity contribution in [1.82, 2.24) is 24.3 Å². The lowest BCUT2D eigenvalue weighted by molar-refractivity contribution is -0.405. The molecule has 12 nitrogen and oxygen atoms in total. The van der Waals surface area contributed by atoms with E-state index in [1.54, 1.807) is 22.1 Å². The van der Waals surface area contributed by atoms with Crippen LogP contribution in [0.2, 0.25) is 0 Å².